The molecule has 1 aliphatic heterocycles. The molecule has 0 bridgehead atoms. The van der Waals surface area contributed by atoms with E-state index >= 15 is 0 Å². The van der Waals surface area contributed by atoms with Gasteiger partial charge in [0.05, 0.1) is 41.9 Å². The zero-order valence-electron chi connectivity index (χ0n) is 19.4. The molecule has 9 heteroatoms. The molecule has 3 aromatic heterocycles. The van der Waals surface area contributed by atoms with Gasteiger partial charge in [0.2, 0.25) is 0 Å². The molecule has 170 valence electrons. The summed E-state index contributed by atoms with van der Waals surface area (Å²) in [5.41, 5.74) is 15.5. The summed E-state index contributed by atoms with van der Waals surface area (Å²) < 4.78 is 7.42. The van der Waals surface area contributed by atoms with Crippen molar-refractivity contribution in [3.8, 4) is 11.4 Å². The molecule has 4 aromatic rings. The topological polar surface area (TPSA) is 99.2 Å². The lowest BCUT2D eigenvalue weighted by Crippen LogP contribution is -2.36. The number of aryl methyl sites for hydroxylation is 3. The van der Waals surface area contributed by atoms with E-state index in [2.05, 4.69) is 4.98 Å². The number of anilines is 1. The number of carbonyl (C=O) groups is 1. The van der Waals surface area contributed by atoms with Gasteiger partial charge in [-0.1, -0.05) is 6.07 Å². The first-order chi connectivity index (χ1) is 15.8. The van der Waals surface area contributed by atoms with Crippen LogP contribution in [0.2, 0.25) is 0 Å². The molecular weight excluding hydrogens is 436 g/mol. The molecule has 0 unspecified atom stereocenters. The standard InChI is InChI=1S/C24H26N6O2S/c1-12-6-7-17(32-5)13(2)21(12)30-22(25)19(20-23(30)28-15(4)14(3)27-20)24(31)29-9-8-16-18(10-29)33-11-26-16/h6-7,11H,8-10,25H2,1-5H3. The Bertz CT molecular complexity index is 1420. The van der Waals surface area contributed by atoms with Crippen molar-refractivity contribution in [2.24, 2.45) is 0 Å². The van der Waals surface area contributed by atoms with E-state index in [1.807, 2.05) is 54.8 Å². The number of methoxy groups -OCH3 is 1. The third-order valence-electron chi connectivity index (χ3n) is 6.44. The van der Waals surface area contributed by atoms with Gasteiger partial charge in [0.15, 0.2) is 5.65 Å². The maximum absolute atomic E-state index is 13.8. The van der Waals surface area contributed by atoms with Crippen molar-refractivity contribution in [3.05, 3.63) is 56.3 Å². The second-order valence-corrected chi connectivity index (χ2v) is 9.36. The largest absolute Gasteiger partial charge is 0.496 e. The maximum atomic E-state index is 13.8. The lowest BCUT2D eigenvalue weighted by atomic mass is 10.1. The zero-order valence-corrected chi connectivity index (χ0v) is 20.2. The highest BCUT2D eigenvalue weighted by Crippen LogP contribution is 2.37. The number of fused-ring (bicyclic) bond motifs is 2. The van der Waals surface area contributed by atoms with E-state index in [0.717, 1.165) is 50.9 Å². The van der Waals surface area contributed by atoms with Gasteiger partial charge in [-0.15, -0.1) is 11.3 Å². The number of ether oxygens (including phenoxy) is 1. The number of nitrogens with two attached hydrogens (primary N) is 1. The fourth-order valence-electron chi connectivity index (χ4n) is 4.53. The summed E-state index contributed by atoms with van der Waals surface area (Å²) in [7, 11) is 1.64. The van der Waals surface area contributed by atoms with Gasteiger partial charge in [-0.25, -0.2) is 15.0 Å². The predicted molar refractivity (Wildman–Crippen MR) is 129 cm³/mol. The molecule has 0 radical (unpaired) electrons. The molecule has 1 aromatic carbocycles. The van der Waals surface area contributed by atoms with Gasteiger partial charge in [0, 0.05) is 23.4 Å². The van der Waals surface area contributed by atoms with Crippen LogP contribution in [0.3, 0.4) is 0 Å². The van der Waals surface area contributed by atoms with E-state index in [9.17, 15) is 4.79 Å². The summed E-state index contributed by atoms with van der Waals surface area (Å²) >= 11 is 1.58. The number of hydrogen-bond donors (Lipinski definition) is 1. The predicted octanol–water partition coefficient (Wildman–Crippen LogP) is 3.90. The zero-order chi connectivity index (χ0) is 23.4. The minimum atomic E-state index is -0.133. The summed E-state index contributed by atoms with van der Waals surface area (Å²) in [5, 5.41) is 0. The van der Waals surface area contributed by atoms with Gasteiger partial charge in [0.25, 0.3) is 5.91 Å². The van der Waals surface area contributed by atoms with Crippen molar-refractivity contribution in [3.63, 3.8) is 0 Å². The fraction of sp³-hybridized carbons (Fsp3) is 0.333. The van der Waals surface area contributed by atoms with Crippen LogP contribution in [0.5, 0.6) is 5.75 Å². The molecule has 2 N–H and O–H groups in total. The van der Waals surface area contributed by atoms with Crippen LogP contribution in [0.15, 0.2) is 17.6 Å². The van der Waals surface area contributed by atoms with Crippen LogP contribution in [0, 0.1) is 27.7 Å². The number of nitrogen functional groups attached to an aromatic ring is 1. The average Bonchev–Trinajstić information content (AvgIpc) is 3.36. The van der Waals surface area contributed by atoms with Gasteiger partial charge < -0.3 is 15.4 Å². The van der Waals surface area contributed by atoms with Gasteiger partial charge in [-0.2, -0.15) is 0 Å². The first-order valence-electron chi connectivity index (χ1n) is 10.8. The summed E-state index contributed by atoms with van der Waals surface area (Å²) in [5.74, 6) is 0.955. The van der Waals surface area contributed by atoms with Crippen LogP contribution in [0.4, 0.5) is 5.82 Å². The first kappa shape index (κ1) is 21.4. The quantitative estimate of drug-likeness (QED) is 0.496. The Morgan fingerprint density at radius 1 is 1.15 bits per heavy atom. The van der Waals surface area contributed by atoms with Crippen LogP contribution < -0.4 is 10.5 Å². The minimum Gasteiger partial charge on any atom is -0.496 e. The van der Waals surface area contributed by atoms with E-state index in [1.54, 1.807) is 18.4 Å². The number of thiazole rings is 1. The van der Waals surface area contributed by atoms with Crippen molar-refractivity contribution in [1.29, 1.82) is 0 Å². The second kappa shape index (κ2) is 7.84. The number of amides is 1. The Morgan fingerprint density at radius 3 is 2.67 bits per heavy atom. The SMILES string of the molecule is COc1ccc(C)c(-n2c(N)c(C(=O)N3CCc4ncsc4C3)c3nc(C)c(C)nc32)c1C. The Labute approximate surface area is 196 Å². The molecule has 0 spiro atoms. The molecular formula is C24H26N6O2S. The molecule has 8 nitrogen and oxygen atoms in total. The number of benzene rings is 1. The molecule has 0 aliphatic carbocycles. The molecule has 0 saturated heterocycles. The average molecular weight is 463 g/mol. The van der Waals surface area contributed by atoms with Crippen molar-refractivity contribution in [1.82, 2.24) is 24.4 Å². The smallest absolute Gasteiger partial charge is 0.260 e. The van der Waals surface area contributed by atoms with Crippen LogP contribution in [-0.2, 0) is 13.0 Å². The van der Waals surface area contributed by atoms with E-state index in [1.165, 1.54) is 0 Å². The van der Waals surface area contributed by atoms with Crippen molar-refractivity contribution in [2.75, 3.05) is 19.4 Å². The van der Waals surface area contributed by atoms with Gasteiger partial charge in [-0.05, 0) is 39.3 Å². The molecule has 5 rings (SSSR count). The Balaban J connectivity index is 1.75. The molecule has 1 amide bonds. The highest BCUT2D eigenvalue weighted by Gasteiger charge is 2.31. The third kappa shape index (κ3) is 3.26. The van der Waals surface area contributed by atoms with Gasteiger partial charge >= 0.3 is 0 Å². The minimum absolute atomic E-state index is 0.133. The summed E-state index contributed by atoms with van der Waals surface area (Å²) in [4.78, 5) is 30.8. The van der Waals surface area contributed by atoms with Crippen LogP contribution >= 0.6 is 11.3 Å². The number of rotatable bonds is 3. The molecule has 4 heterocycles. The van der Waals surface area contributed by atoms with E-state index < -0.39 is 0 Å². The highest BCUT2D eigenvalue weighted by molar-refractivity contribution is 7.09. The number of carbonyl (C=O) groups excluding carboxylic acids is 1. The van der Waals surface area contributed by atoms with Crippen LogP contribution in [0.1, 0.15) is 43.4 Å². The summed E-state index contributed by atoms with van der Waals surface area (Å²) in [6.45, 7) is 8.93. The number of hydrogen-bond acceptors (Lipinski definition) is 7. The molecule has 33 heavy (non-hydrogen) atoms. The maximum Gasteiger partial charge on any atom is 0.260 e. The van der Waals surface area contributed by atoms with Crippen molar-refractivity contribution >= 4 is 34.2 Å². The normalized spacial score (nSPS) is 13.4. The monoisotopic (exact) mass is 462 g/mol. The van der Waals surface area contributed by atoms with E-state index in [-0.39, 0.29) is 5.91 Å². The number of nitrogens with zero attached hydrogens (tertiary/aromatic N) is 5. The summed E-state index contributed by atoms with van der Waals surface area (Å²) in [6, 6.07) is 3.92. The first-order valence-corrected chi connectivity index (χ1v) is 11.7. The lowest BCUT2D eigenvalue weighted by molar-refractivity contribution is 0.0739. The van der Waals surface area contributed by atoms with E-state index in [4.69, 9.17) is 20.4 Å². The Morgan fingerprint density at radius 2 is 1.91 bits per heavy atom. The van der Waals surface area contributed by atoms with Crippen molar-refractivity contribution in [2.45, 2.75) is 40.7 Å². The van der Waals surface area contributed by atoms with Crippen molar-refractivity contribution < 1.29 is 9.53 Å². The Hall–Kier alpha value is -3.46. The van der Waals surface area contributed by atoms with Gasteiger partial charge in [-0.3, -0.25) is 9.36 Å². The lowest BCUT2D eigenvalue weighted by Gasteiger charge is -2.26. The highest BCUT2D eigenvalue weighted by atomic mass is 32.1. The van der Waals surface area contributed by atoms with Crippen LogP contribution in [-0.4, -0.2) is 44.0 Å². The Kier molecular flexibility index (Phi) is 5.08. The van der Waals surface area contributed by atoms with E-state index in [0.29, 0.717) is 35.6 Å². The summed E-state index contributed by atoms with van der Waals surface area (Å²) in [6.07, 6.45) is 0.737. The van der Waals surface area contributed by atoms with Gasteiger partial charge in [0.1, 0.15) is 22.6 Å². The second-order valence-electron chi connectivity index (χ2n) is 8.42. The molecule has 0 saturated carbocycles. The fourth-order valence-corrected chi connectivity index (χ4v) is 5.36. The molecule has 0 fully saturated rings. The third-order valence-corrected chi connectivity index (χ3v) is 7.30. The molecule has 1 aliphatic rings. The molecule has 0 atom stereocenters. The number of aromatic nitrogens is 4. The van der Waals surface area contributed by atoms with Crippen LogP contribution in [0.25, 0.3) is 16.9 Å².